The summed E-state index contributed by atoms with van der Waals surface area (Å²) in [4.78, 5) is 4.45. The first-order valence-corrected chi connectivity index (χ1v) is 9.23. The first kappa shape index (κ1) is 20.2. The number of nitrogens with zero attached hydrogens (tertiary/aromatic N) is 3. The van der Waals surface area contributed by atoms with Crippen LogP contribution in [0.3, 0.4) is 0 Å². The van der Waals surface area contributed by atoms with Crippen LogP contribution in [0.4, 0.5) is 11.8 Å². The standard InChI is InChI=1S/C21H25N5O3/c1-27-17-7-4-16(5-8-17)13-23-21-25-20(14-24-26-21)22-11-10-15-6-9-18(28-2)19(12-15)29-3/h4-9,12,14H,10-11,13H2,1-3H3,(H2,22,23,25,26). The molecule has 0 aliphatic carbocycles. The zero-order valence-electron chi connectivity index (χ0n) is 16.8. The molecule has 0 aliphatic rings. The molecule has 2 N–H and O–H groups in total. The molecule has 29 heavy (non-hydrogen) atoms. The van der Waals surface area contributed by atoms with Crippen LogP contribution in [-0.2, 0) is 13.0 Å². The van der Waals surface area contributed by atoms with Crippen LogP contribution in [0.2, 0.25) is 0 Å². The molecule has 0 saturated carbocycles. The molecule has 0 bridgehead atoms. The minimum absolute atomic E-state index is 0.469. The Morgan fingerprint density at radius 3 is 2.31 bits per heavy atom. The predicted molar refractivity (Wildman–Crippen MR) is 112 cm³/mol. The van der Waals surface area contributed by atoms with Crippen LogP contribution in [0.1, 0.15) is 11.1 Å². The molecule has 152 valence electrons. The topological polar surface area (TPSA) is 90.4 Å². The summed E-state index contributed by atoms with van der Waals surface area (Å²) in [7, 11) is 4.91. The highest BCUT2D eigenvalue weighted by molar-refractivity contribution is 5.43. The molecule has 8 nitrogen and oxygen atoms in total. The minimum atomic E-state index is 0.469. The first-order chi connectivity index (χ1) is 14.2. The van der Waals surface area contributed by atoms with Gasteiger partial charge in [-0.25, -0.2) is 0 Å². The van der Waals surface area contributed by atoms with E-state index in [2.05, 4.69) is 25.8 Å². The van der Waals surface area contributed by atoms with Crippen molar-refractivity contribution in [3.63, 3.8) is 0 Å². The van der Waals surface area contributed by atoms with Gasteiger partial charge in [-0.05, 0) is 41.8 Å². The predicted octanol–water partition coefficient (Wildman–Crippen LogP) is 3.16. The smallest absolute Gasteiger partial charge is 0.244 e. The fourth-order valence-corrected chi connectivity index (χ4v) is 2.76. The molecular formula is C21H25N5O3. The highest BCUT2D eigenvalue weighted by atomic mass is 16.5. The van der Waals surface area contributed by atoms with E-state index in [0.717, 1.165) is 34.8 Å². The monoisotopic (exact) mass is 395 g/mol. The lowest BCUT2D eigenvalue weighted by Gasteiger charge is -2.10. The summed E-state index contributed by atoms with van der Waals surface area (Å²) in [6, 6.07) is 13.7. The summed E-state index contributed by atoms with van der Waals surface area (Å²) in [5.74, 6) is 3.40. The summed E-state index contributed by atoms with van der Waals surface area (Å²) in [5, 5.41) is 14.5. The number of rotatable bonds is 10. The number of anilines is 2. The number of benzene rings is 2. The molecule has 2 aromatic carbocycles. The molecule has 3 rings (SSSR count). The Labute approximate surface area is 170 Å². The van der Waals surface area contributed by atoms with Crippen LogP contribution in [0.25, 0.3) is 0 Å². The molecular weight excluding hydrogens is 370 g/mol. The van der Waals surface area contributed by atoms with Gasteiger partial charge in [0.05, 0.1) is 27.5 Å². The van der Waals surface area contributed by atoms with Gasteiger partial charge in [0.1, 0.15) is 5.75 Å². The van der Waals surface area contributed by atoms with E-state index in [-0.39, 0.29) is 0 Å². The quantitative estimate of drug-likeness (QED) is 0.541. The highest BCUT2D eigenvalue weighted by Gasteiger charge is 2.05. The maximum absolute atomic E-state index is 5.34. The second kappa shape index (κ2) is 10.1. The molecule has 3 aromatic rings. The van der Waals surface area contributed by atoms with Gasteiger partial charge >= 0.3 is 0 Å². The van der Waals surface area contributed by atoms with Crippen molar-refractivity contribution in [3.8, 4) is 17.2 Å². The van der Waals surface area contributed by atoms with Crippen LogP contribution >= 0.6 is 0 Å². The van der Waals surface area contributed by atoms with Gasteiger partial charge < -0.3 is 24.8 Å². The SMILES string of the molecule is COc1ccc(CNc2nncc(NCCc3ccc(OC)c(OC)c3)n2)cc1. The molecule has 1 aromatic heterocycles. The maximum Gasteiger partial charge on any atom is 0.244 e. The molecule has 8 heteroatoms. The van der Waals surface area contributed by atoms with Gasteiger partial charge in [-0.15, -0.1) is 5.10 Å². The average Bonchev–Trinajstić information content (AvgIpc) is 2.78. The van der Waals surface area contributed by atoms with Gasteiger partial charge in [-0.2, -0.15) is 10.1 Å². The maximum atomic E-state index is 5.34. The van der Waals surface area contributed by atoms with Gasteiger partial charge in [-0.3, -0.25) is 0 Å². The summed E-state index contributed by atoms with van der Waals surface area (Å²) in [5.41, 5.74) is 2.23. The van der Waals surface area contributed by atoms with Crippen molar-refractivity contribution >= 4 is 11.8 Å². The molecule has 0 fully saturated rings. The summed E-state index contributed by atoms with van der Waals surface area (Å²) in [6.45, 7) is 1.30. The van der Waals surface area contributed by atoms with Crippen molar-refractivity contribution in [2.75, 3.05) is 38.5 Å². The van der Waals surface area contributed by atoms with Crippen molar-refractivity contribution in [2.24, 2.45) is 0 Å². The number of methoxy groups -OCH3 is 3. The Kier molecular flexibility index (Phi) is 7.05. The highest BCUT2D eigenvalue weighted by Crippen LogP contribution is 2.27. The largest absolute Gasteiger partial charge is 0.497 e. The van der Waals surface area contributed by atoms with E-state index in [1.54, 1.807) is 27.5 Å². The van der Waals surface area contributed by atoms with Gasteiger partial charge in [0.2, 0.25) is 5.95 Å². The van der Waals surface area contributed by atoms with Gasteiger partial charge in [0.25, 0.3) is 0 Å². The van der Waals surface area contributed by atoms with Crippen LogP contribution in [0.5, 0.6) is 17.2 Å². The summed E-state index contributed by atoms with van der Waals surface area (Å²) in [6.07, 6.45) is 2.41. The Balaban J connectivity index is 1.51. The molecule has 0 amide bonds. The normalized spacial score (nSPS) is 10.3. The zero-order chi connectivity index (χ0) is 20.5. The molecule has 0 aliphatic heterocycles. The summed E-state index contributed by atoms with van der Waals surface area (Å²) >= 11 is 0. The number of ether oxygens (including phenoxy) is 3. The van der Waals surface area contributed by atoms with Gasteiger partial charge in [-0.1, -0.05) is 18.2 Å². The van der Waals surface area contributed by atoms with Crippen LogP contribution < -0.4 is 24.8 Å². The van der Waals surface area contributed by atoms with Crippen molar-refractivity contribution in [3.05, 3.63) is 59.8 Å². The third-order valence-corrected chi connectivity index (χ3v) is 4.34. The fraction of sp³-hybridized carbons (Fsp3) is 0.286. The third kappa shape index (κ3) is 5.71. The first-order valence-electron chi connectivity index (χ1n) is 9.23. The zero-order valence-corrected chi connectivity index (χ0v) is 16.8. The van der Waals surface area contributed by atoms with Crippen LogP contribution in [-0.4, -0.2) is 43.1 Å². The van der Waals surface area contributed by atoms with Crippen LogP contribution in [0, 0.1) is 0 Å². The lowest BCUT2D eigenvalue weighted by atomic mass is 10.1. The Morgan fingerprint density at radius 1 is 0.828 bits per heavy atom. The van der Waals surface area contributed by atoms with E-state index in [0.29, 0.717) is 24.9 Å². The van der Waals surface area contributed by atoms with E-state index in [1.807, 2.05) is 42.5 Å². The summed E-state index contributed by atoms with van der Waals surface area (Å²) < 4.78 is 15.8. The van der Waals surface area contributed by atoms with Crippen LogP contribution in [0.15, 0.2) is 48.7 Å². The van der Waals surface area contributed by atoms with E-state index in [9.17, 15) is 0 Å². The molecule has 1 heterocycles. The second-order valence-corrected chi connectivity index (χ2v) is 6.23. The number of aromatic nitrogens is 3. The van der Waals surface area contributed by atoms with Crippen molar-refractivity contribution in [2.45, 2.75) is 13.0 Å². The fourth-order valence-electron chi connectivity index (χ4n) is 2.76. The number of nitrogens with one attached hydrogen (secondary N) is 2. The Morgan fingerprint density at radius 2 is 1.59 bits per heavy atom. The van der Waals surface area contributed by atoms with E-state index in [1.165, 1.54) is 0 Å². The number of hydrogen-bond donors (Lipinski definition) is 2. The molecule has 0 saturated heterocycles. The second-order valence-electron chi connectivity index (χ2n) is 6.23. The van der Waals surface area contributed by atoms with E-state index >= 15 is 0 Å². The number of hydrogen-bond acceptors (Lipinski definition) is 8. The molecule has 0 atom stereocenters. The van der Waals surface area contributed by atoms with Gasteiger partial charge in [0.15, 0.2) is 17.3 Å². The van der Waals surface area contributed by atoms with Gasteiger partial charge in [0, 0.05) is 13.1 Å². The van der Waals surface area contributed by atoms with Crippen molar-refractivity contribution in [1.82, 2.24) is 15.2 Å². The van der Waals surface area contributed by atoms with E-state index < -0.39 is 0 Å². The van der Waals surface area contributed by atoms with Crippen molar-refractivity contribution in [1.29, 1.82) is 0 Å². The average molecular weight is 395 g/mol. The van der Waals surface area contributed by atoms with Crippen molar-refractivity contribution < 1.29 is 14.2 Å². The Bertz CT molecular complexity index is 918. The minimum Gasteiger partial charge on any atom is -0.497 e. The molecule has 0 unspecified atom stereocenters. The lowest BCUT2D eigenvalue weighted by Crippen LogP contribution is -2.10. The molecule has 0 radical (unpaired) electrons. The van der Waals surface area contributed by atoms with E-state index in [4.69, 9.17) is 14.2 Å². The lowest BCUT2D eigenvalue weighted by molar-refractivity contribution is 0.354. The third-order valence-electron chi connectivity index (χ3n) is 4.34. The Hall–Kier alpha value is -3.55. The molecule has 0 spiro atoms.